The lowest BCUT2D eigenvalue weighted by atomic mass is 9.39. The highest BCUT2D eigenvalue weighted by atomic mass is 35.5. The second kappa shape index (κ2) is 6.08. The van der Waals surface area contributed by atoms with E-state index in [2.05, 4.69) is 18.7 Å². The van der Waals surface area contributed by atoms with Crippen LogP contribution in [0.1, 0.15) is 90.4 Å². The summed E-state index contributed by atoms with van der Waals surface area (Å²) in [5.41, 5.74) is 0.639. The first-order valence-electron chi connectivity index (χ1n) is 12.8. The average Bonchev–Trinajstić information content (AvgIpc) is 3.43. The van der Waals surface area contributed by atoms with Gasteiger partial charge in [0, 0.05) is 11.0 Å². The van der Waals surface area contributed by atoms with Gasteiger partial charge in [0.1, 0.15) is 0 Å². The average molecular weight is 454 g/mol. The lowest BCUT2D eigenvalue weighted by molar-refractivity contribution is -0.131. The molecule has 9 rings (SSSR count). The molecule has 3 heteroatoms. The third-order valence-corrected chi connectivity index (χ3v) is 14.3. The Morgan fingerprint density at radius 3 is 1.38 bits per heavy atom. The van der Waals surface area contributed by atoms with E-state index in [0.29, 0.717) is 10.8 Å². The number of alkyl halides is 2. The highest BCUT2D eigenvalue weighted by molar-refractivity contribution is 8.06. The SMILES string of the molecule is C[C@](Cl)(C12CC3CC(CC(C3)C1)C2)[C@](Cl)(C[C@H]1CS1)C12CC3CC(CC(C3)C1)C2. The lowest BCUT2D eigenvalue weighted by Crippen LogP contribution is -2.69. The Morgan fingerprint density at radius 2 is 1.03 bits per heavy atom. The van der Waals surface area contributed by atoms with Crippen molar-refractivity contribution in [3.8, 4) is 0 Å². The molecule has 8 saturated carbocycles. The Hall–Kier alpha value is 0.930. The van der Waals surface area contributed by atoms with Crippen molar-refractivity contribution in [3.05, 3.63) is 0 Å². The van der Waals surface area contributed by atoms with E-state index < -0.39 is 0 Å². The molecule has 1 aliphatic heterocycles. The topological polar surface area (TPSA) is 0 Å². The molecule has 3 atom stereocenters. The summed E-state index contributed by atoms with van der Waals surface area (Å²) in [7, 11) is 0. The fraction of sp³-hybridized carbons (Fsp3) is 1.00. The van der Waals surface area contributed by atoms with Crippen molar-refractivity contribution in [2.75, 3.05) is 5.75 Å². The molecule has 9 aliphatic rings. The molecule has 0 spiro atoms. The highest BCUT2D eigenvalue weighted by Gasteiger charge is 2.72. The summed E-state index contributed by atoms with van der Waals surface area (Å²) in [6.45, 7) is 2.47. The first kappa shape index (κ1) is 19.4. The van der Waals surface area contributed by atoms with Crippen LogP contribution in [0.25, 0.3) is 0 Å². The Morgan fingerprint density at radius 1 is 0.690 bits per heavy atom. The van der Waals surface area contributed by atoms with Gasteiger partial charge in [-0.25, -0.2) is 0 Å². The van der Waals surface area contributed by atoms with Crippen LogP contribution in [0.3, 0.4) is 0 Å². The van der Waals surface area contributed by atoms with E-state index in [4.69, 9.17) is 23.2 Å². The summed E-state index contributed by atoms with van der Waals surface area (Å²) in [5.74, 6) is 7.04. The van der Waals surface area contributed by atoms with Gasteiger partial charge in [0.2, 0.25) is 0 Å². The summed E-state index contributed by atoms with van der Waals surface area (Å²) >= 11 is 18.4. The maximum Gasteiger partial charge on any atom is 0.0707 e. The van der Waals surface area contributed by atoms with Gasteiger partial charge in [-0.15, -0.1) is 23.2 Å². The van der Waals surface area contributed by atoms with Crippen LogP contribution >= 0.6 is 35.0 Å². The van der Waals surface area contributed by atoms with Gasteiger partial charge in [0.25, 0.3) is 0 Å². The predicted octanol–water partition coefficient (Wildman–Crippen LogP) is 7.90. The van der Waals surface area contributed by atoms with Gasteiger partial charge in [0.05, 0.1) is 9.75 Å². The first-order valence-corrected chi connectivity index (χ1v) is 14.6. The highest BCUT2D eigenvalue weighted by Crippen LogP contribution is 2.75. The van der Waals surface area contributed by atoms with Crippen molar-refractivity contribution in [1.29, 1.82) is 0 Å². The van der Waals surface area contributed by atoms with Crippen LogP contribution in [-0.4, -0.2) is 20.8 Å². The van der Waals surface area contributed by atoms with E-state index in [9.17, 15) is 0 Å². The molecule has 0 unspecified atom stereocenters. The molecule has 0 radical (unpaired) electrons. The van der Waals surface area contributed by atoms with Crippen LogP contribution < -0.4 is 0 Å². The third-order valence-electron chi connectivity index (χ3n) is 11.6. The van der Waals surface area contributed by atoms with Crippen LogP contribution in [0, 0.1) is 46.3 Å². The lowest BCUT2D eigenvalue weighted by Gasteiger charge is -2.70. The molecular formula is C26H38Cl2S. The van der Waals surface area contributed by atoms with E-state index in [1.807, 2.05) is 0 Å². The number of rotatable bonds is 5. The van der Waals surface area contributed by atoms with Crippen molar-refractivity contribution >= 4 is 35.0 Å². The molecule has 1 heterocycles. The molecular weight excluding hydrogens is 415 g/mol. The van der Waals surface area contributed by atoms with Gasteiger partial charge < -0.3 is 0 Å². The second-order valence-corrected chi connectivity index (χ2v) is 16.1. The minimum absolute atomic E-state index is 0.197. The molecule has 0 aromatic carbocycles. The molecule has 8 aliphatic carbocycles. The molecule has 0 N–H and O–H groups in total. The van der Waals surface area contributed by atoms with Gasteiger partial charge in [-0.1, -0.05) is 0 Å². The molecule has 9 fully saturated rings. The monoisotopic (exact) mass is 452 g/mol. The Bertz CT molecular complexity index is 639. The fourth-order valence-electron chi connectivity index (χ4n) is 11.1. The summed E-state index contributed by atoms with van der Waals surface area (Å²) in [4.78, 5) is -0.441. The molecule has 29 heavy (non-hydrogen) atoms. The van der Waals surface area contributed by atoms with Crippen molar-refractivity contribution in [3.63, 3.8) is 0 Å². The smallest absolute Gasteiger partial charge is 0.0707 e. The maximum atomic E-state index is 8.18. The molecule has 0 nitrogen and oxygen atoms in total. The van der Waals surface area contributed by atoms with E-state index in [0.717, 1.165) is 40.8 Å². The zero-order valence-corrected chi connectivity index (χ0v) is 20.4. The number of halogens is 2. The number of hydrogen-bond donors (Lipinski definition) is 0. The van der Waals surface area contributed by atoms with Crippen LogP contribution in [0.2, 0.25) is 0 Å². The largest absolute Gasteiger partial charge is 0.157 e. The Balaban J connectivity index is 1.32. The standard InChI is InChI=1S/C26H38Cl2S/c1-23(27,24-8-16-2-17(9-24)4-18(3-16)10-24)26(28,14-22-15-29-22)25-11-19-5-20(12-25)7-21(6-19)13-25/h16-22H,2-15H2,1H3/t16?,17?,18?,19?,20?,21?,22-,23-,24?,25?,26+/m0/s1. The van der Waals surface area contributed by atoms with Gasteiger partial charge in [-0.2, -0.15) is 11.8 Å². The molecule has 1 saturated heterocycles. The van der Waals surface area contributed by atoms with E-state index in [1.54, 1.807) is 0 Å². The molecule has 0 aromatic rings. The molecule has 162 valence electrons. The van der Waals surface area contributed by atoms with Crippen molar-refractivity contribution in [1.82, 2.24) is 0 Å². The molecule has 8 bridgehead atoms. The van der Waals surface area contributed by atoms with Gasteiger partial charge in [-0.3, -0.25) is 0 Å². The summed E-state index contributed by atoms with van der Waals surface area (Å²) in [6, 6.07) is 0. The zero-order chi connectivity index (χ0) is 19.6. The van der Waals surface area contributed by atoms with Crippen LogP contribution in [-0.2, 0) is 0 Å². The van der Waals surface area contributed by atoms with E-state index >= 15 is 0 Å². The maximum absolute atomic E-state index is 8.18. The quantitative estimate of drug-likeness (QED) is 0.301. The normalized spacial score (nSPS) is 58.2. The number of thioether (sulfide) groups is 1. The third kappa shape index (κ3) is 2.59. The van der Waals surface area contributed by atoms with Crippen molar-refractivity contribution in [2.45, 2.75) is 105 Å². The van der Waals surface area contributed by atoms with Crippen molar-refractivity contribution in [2.24, 2.45) is 46.3 Å². The minimum Gasteiger partial charge on any atom is -0.157 e. The van der Waals surface area contributed by atoms with Crippen LogP contribution in [0.15, 0.2) is 0 Å². The van der Waals surface area contributed by atoms with E-state index in [1.165, 1.54) is 89.2 Å². The van der Waals surface area contributed by atoms with Gasteiger partial charge in [-0.05, 0) is 137 Å². The fourth-order valence-corrected chi connectivity index (χ4v) is 12.9. The predicted molar refractivity (Wildman–Crippen MR) is 125 cm³/mol. The summed E-state index contributed by atoms with van der Waals surface area (Å²) in [6.07, 6.45) is 18.5. The number of hydrogen-bond acceptors (Lipinski definition) is 1. The summed E-state index contributed by atoms with van der Waals surface area (Å²) < 4.78 is 0. The Labute approximate surface area is 192 Å². The van der Waals surface area contributed by atoms with Crippen LogP contribution in [0.5, 0.6) is 0 Å². The molecule has 0 amide bonds. The second-order valence-electron chi connectivity index (χ2n) is 13.4. The van der Waals surface area contributed by atoms with Crippen molar-refractivity contribution < 1.29 is 0 Å². The Kier molecular flexibility index (Phi) is 4.07. The minimum atomic E-state index is -0.244. The van der Waals surface area contributed by atoms with Gasteiger partial charge >= 0.3 is 0 Å². The zero-order valence-electron chi connectivity index (χ0n) is 18.1. The van der Waals surface area contributed by atoms with E-state index in [-0.39, 0.29) is 9.75 Å². The van der Waals surface area contributed by atoms with Gasteiger partial charge in [0.15, 0.2) is 0 Å². The molecule has 0 aromatic heterocycles. The first-order chi connectivity index (χ1) is 13.8. The summed E-state index contributed by atoms with van der Waals surface area (Å²) in [5, 5.41) is 0.785. The van der Waals surface area contributed by atoms with Crippen LogP contribution in [0.4, 0.5) is 0 Å².